The molecule has 0 aliphatic carbocycles. The van der Waals surface area contributed by atoms with Gasteiger partial charge in [0.2, 0.25) is 0 Å². The molecule has 3 aromatic rings. The van der Waals surface area contributed by atoms with Crippen LogP contribution in [-0.2, 0) is 9.59 Å². The number of para-hydroxylation sites is 1. The van der Waals surface area contributed by atoms with E-state index in [2.05, 4.69) is 16.0 Å². The van der Waals surface area contributed by atoms with E-state index >= 15 is 0 Å². The van der Waals surface area contributed by atoms with Crippen molar-refractivity contribution in [2.24, 2.45) is 0 Å². The average molecular weight is 540 g/mol. The van der Waals surface area contributed by atoms with E-state index in [0.717, 1.165) is 5.56 Å². The molecule has 1 fully saturated rings. The Morgan fingerprint density at radius 1 is 1.05 bits per heavy atom. The number of halogens is 1. The van der Waals surface area contributed by atoms with E-state index in [-0.39, 0.29) is 18.4 Å². The summed E-state index contributed by atoms with van der Waals surface area (Å²) in [6.45, 7) is 2.10. The van der Waals surface area contributed by atoms with Crippen molar-refractivity contribution < 1.29 is 23.8 Å². The van der Waals surface area contributed by atoms with Gasteiger partial charge in [0.1, 0.15) is 5.75 Å². The highest BCUT2D eigenvalue weighted by molar-refractivity contribution is 8.05. The average Bonchev–Trinajstić information content (AvgIpc) is 3.22. The van der Waals surface area contributed by atoms with E-state index in [1.165, 1.54) is 11.8 Å². The first-order valence-electron chi connectivity index (χ1n) is 11.5. The number of rotatable bonds is 10. The zero-order valence-corrected chi connectivity index (χ0v) is 21.8. The Morgan fingerprint density at radius 3 is 2.59 bits per heavy atom. The zero-order chi connectivity index (χ0) is 26.2. The zero-order valence-electron chi connectivity index (χ0n) is 20.2. The van der Waals surface area contributed by atoms with Crippen LogP contribution in [0, 0.1) is 0 Å². The van der Waals surface area contributed by atoms with E-state index in [1.54, 1.807) is 61.7 Å². The Hall–Kier alpha value is -3.82. The molecule has 1 saturated heterocycles. The summed E-state index contributed by atoms with van der Waals surface area (Å²) in [4.78, 5) is 25.4. The van der Waals surface area contributed by atoms with E-state index in [1.807, 2.05) is 25.1 Å². The summed E-state index contributed by atoms with van der Waals surface area (Å²) in [6.07, 6.45) is 1.77. The van der Waals surface area contributed by atoms with Crippen molar-refractivity contribution in [3.8, 4) is 17.2 Å². The van der Waals surface area contributed by atoms with Gasteiger partial charge in [-0.1, -0.05) is 47.6 Å². The molecule has 0 radical (unpaired) electrons. The monoisotopic (exact) mass is 539 g/mol. The number of ether oxygens (including phenoxy) is 3. The lowest BCUT2D eigenvalue weighted by Gasteiger charge is -2.15. The molecule has 8 nitrogen and oxygen atoms in total. The largest absolute Gasteiger partial charge is 0.495 e. The maximum Gasteiger partial charge on any atom is 0.262 e. The molecule has 1 aliphatic heterocycles. The summed E-state index contributed by atoms with van der Waals surface area (Å²) < 4.78 is 16.8. The van der Waals surface area contributed by atoms with Gasteiger partial charge < -0.3 is 30.2 Å². The van der Waals surface area contributed by atoms with Crippen molar-refractivity contribution in [3.63, 3.8) is 0 Å². The SMILES string of the molecule is CCOc1cc(/C=C2\SC(Nc3cc(Cl)ccc3OC)NC2=O)ccc1OCC(=O)Nc1ccccc1. The van der Waals surface area contributed by atoms with Gasteiger partial charge in [0.25, 0.3) is 11.8 Å². The summed E-state index contributed by atoms with van der Waals surface area (Å²) in [7, 11) is 1.57. The highest BCUT2D eigenvalue weighted by atomic mass is 35.5. The van der Waals surface area contributed by atoms with Gasteiger partial charge in [0, 0.05) is 10.7 Å². The summed E-state index contributed by atoms with van der Waals surface area (Å²) >= 11 is 7.45. The van der Waals surface area contributed by atoms with Crippen LogP contribution in [0.1, 0.15) is 12.5 Å². The van der Waals surface area contributed by atoms with Gasteiger partial charge in [0.05, 0.1) is 24.3 Å². The molecular formula is C27H26ClN3O5S. The van der Waals surface area contributed by atoms with Crippen molar-refractivity contribution in [2.75, 3.05) is 31.0 Å². The molecule has 192 valence electrons. The van der Waals surface area contributed by atoms with E-state index in [4.69, 9.17) is 25.8 Å². The Bertz CT molecular complexity index is 1300. The number of thioether (sulfide) groups is 1. The summed E-state index contributed by atoms with van der Waals surface area (Å²) in [5.41, 5.74) is 1.72. The number of carbonyl (C=O) groups is 2. The van der Waals surface area contributed by atoms with Crippen LogP contribution in [0.4, 0.5) is 11.4 Å². The second-order valence-corrected chi connectivity index (χ2v) is 9.39. The molecule has 0 bridgehead atoms. The standard InChI is InChI=1S/C27H26ClN3O5S/c1-3-35-23-13-17(9-11-22(23)36-16-25(32)29-19-7-5-4-6-8-19)14-24-26(33)31-27(37-24)30-20-15-18(28)10-12-21(20)34-2/h4-15,27,30H,3,16H2,1-2H3,(H,29,32)(H,31,33)/b24-14-. The van der Waals surface area contributed by atoms with Crippen LogP contribution in [0.5, 0.6) is 17.2 Å². The van der Waals surface area contributed by atoms with Crippen LogP contribution in [0.2, 0.25) is 5.02 Å². The molecule has 4 rings (SSSR count). The third-order valence-corrected chi connectivity index (χ3v) is 6.42. The lowest BCUT2D eigenvalue weighted by molar-refractivity contribution is -0.118. The number of carbonyl (C=O) groups excluding carboxylic acids is 2. The molecule has 3 N–H and O–H groups in total. The molecule has 0 saturated carbocycles. The van der Waals surface area contributed by atoms with Crippen LogP contribution in [-0.4, -0.2) is 37.6 Å². The van der Waals surface area contributed by atoms with Crippen molar-refractivity contribution in [3.05, 3.63) is 82.2 Å². The Labute approximate surface area is 224 Å². The number of hydrogen-bond acceptors (Lipinski definition) is 7. The molecule has 37 heavy (non-hydrogen) atoms. The minimum atomic E-state index is -0.400. The Balaban J connectivity index is 1.42. The Morgan fingerprint density at radius 2 is 1.84 bits per heavy atom. The van der Waals surface area contributed by atoms with Crippen LogP contribution in [0.25, 0.3) is 6.08 Å². The molecular weight excluding hydrogens is 514 g/mol. The van der Waals surface area contributed by atoms with Crippen LogP contribution in [0.15, 0.2) is 71.6 Å². The molecule has 3 aromatic carbocycles. The van der Waals surface area contributed by atoms with Crippen LogP contribution < -0.4 is 30.2 Å². The normalized spacial score (nSPS) is 15.7. The van der Waals surface area contributed by atoms with Gasteiger partial charge in [-0.3, -0.25) is 9.59 Å². The summed E-state index contributed by atoms with van der Waals surface area (Å²) in [5, 5.41) is 9.45. The lowest BCUT2D eigenvalue weighted by Crippen LogP contribution is -2.31. The third kappa shape index (κ3) is 7.12. The molecule has 10 heteroatoms. The molecule has 1 aliphatic rings. The van der Waals surface area contributed by atoms with Crippen molar-refractivity contribution in [1.29, 1.82) is 0 Å². The predicted octanol–water partition coefficient (Wildman–Crippen LogP) is 5.36. The van der Waals surface area contributed by atoms with Gasteiger partial charge in [-0.25, -0.2) is 0 Å². The summed E-state index contributed by atoms with van der Waals surface area (Å²) in [5.74, 6) is 1.04. The first-order valence-corrected chi connectivity index (χ1v) is 12.7. The second-order valence-electron chi connectivity index (χ2n) is 7.81. The third-order valence-electron chi connectivity index (χ3n) is 5.16. The number of methoxy groups -OCH3 is 1. The second kappa shape index (κ2) is 12.4. The van der Waals surface area contributed by atoms with Gasteiger partial charge in [-0.15, -0.1) is 0 Å². The Kier molecular flexibility index (Phi) is 8.81. The van der Waals surface area contributed by atoms with Crippen molar-refractivity contribution >= 4 is 52.6 Å². The number of amides is 2. The van der Waals surface area contributed by atoms with Gasteiger partial charge in [0.15, 0.2) is 23.6 Å². The summed E-state index contributed by atoms with van der Waals surface area (Å²) in [6, 6.07) is 19.7. The molecule has 1 atom stereocenters. The van der Waals surface area contributed by atoms with E-state index in [9.17, 15) is 9.59 Å². The van der Waals surface area contributed by atoms with Gasteiger partial charge in [-0.2, -0.15) is 0 Å². The first-order chi connectivity index (χ1) is 17.9. The fourth-order valence-corrected chi connectivity index (χ4v) is 4.66. The van der Waals surface area contributed by atoms with E-state index in [0.29, 0.717) is 45.2 Å². The molecule has 1 unspecified atom stereocenters. The molecule has 1 heterocycles. The quantitative estimate of drug-likeness (QED) is 0.298. The van der Waals surface area contributed by atoms with Crippen molar-refractivity contribution in [2.45, 2.75) is 12.4 Å². The van der Waals surface area contributed by atoms with Gasteiger partial charge >= 0.3 is 0 Å². The topological polar surface area (TPSA) is 97.9 Å². The lowest BCUT2D eigenvalue weighted by atomic mass is 10.2. The highest BCUT2D eigenvalue weighted by Crippen LogP contribution is 2.35. The fourth-order valence-electron chi connectivity index (χ4n) is 3.51. The number of anilines is 2. The maximum absolute atomic E-state index is 12.6. The minimum absolute atomic E-state index is 0.173. The first kappa shape index (κ1) is 26.2. The number of nitrogens with one attached hydrogen (secondary N) is 3. The molecule has 0 aromatic heterocycles. The van der Waals surface area contributed by atoms with E-state index < -0.39 is 5.50 Å². The van der Waals surface area contributed by atoms with Crippen LogP contribution in [0.3, 0.4) is 0 Å². The van der Waals surface area contributed by atoms with Gasteiger partial charge in [-0.05, 0) is 61.0 Å². The molecule has 0 spiro atoms. The smallest absolute Gasteiger partial charge is 0.262 e. The highest BCUT2D eigenvalue weighted by Gasteiger charge is 2.28. The van der Waals surface area contributed by atoms with Crippen molar-refractivity contribution in [1.82, 2.24) is 5.32 Å². The van der Waals surface area contributed by atoms with Crippen LogP contribution >= 0.6 is 23.4 Å². The predicted molar refractivity (Wildman–Crippen MR) is 147 cm³/mol. The minimum Gasteiger partial charge on any atom is -0.495 e. The molecule has 2 amide bonds. The number of benzene rings is 3. The maximum atomic E-state index is 12.6. The number of hydrogen-bond donors (Lipinski definition) is 3. The fraction of sp³-hybridized carbons (Fsp3) is 0.185.